The molecule has 0 unspecified atom stereocenters. The van der Waals surface area contributed by atoms with Gasteiger partial charge in [0.1, 0.15) is 6.16 Å². The maximum Gasteiger partial charge on any atom is 0.330 e. The molecule has 0 aromatic rings. The predicted molar refractivity (Wildman–Crippen MR) is 25.1 cm³/mol. The summed E-state index contributed by atoms with van der Waals surface area (Å²) in [5.41, 5.74) is 0. The van der Waals surface area contributed by atoms with Crippen molar-refractivity contribution in [2.24, 2.45) is 0 Å². The molecule has 0 aromatic carbocycles. The summed E-state index contributed by atoms with van der Waals surface area (Å²) in [6.07, 6.45) is -2.82. The minimum absolute atomic E-state index is 0.896. The van der Waals surface area contributed by atoms with Gasteiger partial charge in [-0.3, -0.25) is 4.57 Å². The van der Waals surface area contributed by atoms with Crippen molar-refractivity contribution in [3.63, 3.8) is 0 Å². The van der Waals surface area contributed by atoms with E-state index in [-0.39, 0.29) is 0 Å². The first-order valence-corrected chi connectivity index (χ1v) is 3.62. The van der Waals surface area contributed by atoms with Crippen molar-refractivity contribution in [1.82, 2.24) is 0 Å². The Balaban J connectivity index is 3.56. The Hall–Kier alpha value is 0.0700. The zero-order valence-corrected chi connectivity index (χ0v) is 4.82. The second-order valence-corrected chi connectivity index (χ2v) is 3.02. The second-order valence-electron chi connectivity index (χ2n) is 1.33. The van der Waals surface area contributed by atoms with Gasteiger partial charge in [0.05, 0.1) is 0 Å². The first kappa shape index (κ1) is 8.07. The zero-order chi connectivity index (χ0) is 6.78. The van der Waals surface area contributed by atoms with E-state index in [0.29, 0.717) is 0 Å². The van der Waals surface area contributed by atoms with Crippen molar-refractivity contribution in [3.8, 4) is 0 Å². The molecule has 50 valence electrons. The lowest BCUT2D eigenvalue weighted by Crippen LogP contribution is -2.10. The Labute approximate surface area is 45.7 Å². The van der Waals surface area contributed by atoms with Crippen LogP contribution in [0.25, 0.3) is 0 Å². The van der Waals surface area contributed by atoms with Gasteiger partial charge >= 0.3 is 7.60 Å². The summed E-state index contributed by atoms with van der Waals surface area (Å²) >= 11 is 0. The van der Waals surface area contributed by atoms with Crippen LogP contribution in [0.4, 0.5) is 0 Å². The van der Waals surface area contributed by atoms with E-state index in [0.717, 1.165) is 0 Å². The number of hydrogen-bond donors (Lipinski definition) is 4. The van der Waals surface area contributed by atoms with Crippen LogP contribution in [0, 0.1) is 0 Å². The molecule has 6 heteroatoms. The molecule has 0 aliphatic heterocycles. The highest BCUT2D eigenvalue weighted by atomic mass is 31.2. The molecule has 0 atom stereocenters. The van der Waals surface area contributed by atoms with Crippen LogP contribution in [-0.4, -0.2) is 32.5 Å². The summed E-state index contributed by atoms with van der Waals surface area (Å²) in [6, 6.07) is 0. The van der Waals surface area contributed by atoms with Gasteiger partial charge < -0.3 is 20.0 Å². The quantitative estimate of drug-likeness (QED) is 0.277. The van der Waals surface area contributed by atoms with Crippen LogP contribution in [0.15, 0.2) is 0 Å². The SMILES string of the molecule is O=P(O)(O)CC(O)O. The van der Waals surface area contributed by atoms with E-state index in [9.17, 15) is 4.57 Å². The fourth-order valence-electron chi connectivity index (χ4n) is 0.213. The van der Waals surface area contributed by atoms with Gasteiger partial charge in [-0.05, 0) is 0 Å². The molecular formula is C2H7O5P. The fraction of sp³-hybridized carbons (Fsp3) is 1.00. The van der Waals surface area contributed by atoms with E-state index in [4.69, 9.17) is 20.0 Å². The number of aliphatic hydroxyl groups excluding tert-OH is 1. The predicted octanol–water partition coefficient (Wildman–Crippen LogP) is -1.53. The smallest absolute Gasteiger partial charge is 0.330 e. The third kappa shape index (κ3) is 6.07. The van der Waals surface area contributed by atoms with Gasteiger partial charge in [-0.25, -0.2) is 0 Å². The summed E-state index contributed by atoms with van der Waals surface area (Å²) in [5, 5.41) is 15.9. The Morgan fingerprint density at radius 1 is 1.38 bits per heavy atom. The van der Waals surface area contributed by atoms with Crippen LogP contribution in [-0.2, 0) is 4.57 Å². The number of hydrogen-bond acceptors (Lipinski definition) is 3. The molecule has 5 nitrogen and oxygen atoms in total. The van der Waals surface area contributed by atoms with Gasteiger partial charge in [0, 0.05) is 0 Å². The summed E-state index contributed by atoms with van der Waals surface area (Å²) < 4.78 is 9.82. The zero-order valence-electron chi connectivity index (χ0n) is 3.93. The molecule has 0 spiro atoms. The molecule has 8 heavy (non-hydrogen) atoms. The summed E-state index contributed by atoms with van der Waals surface area (Å²) in [5.74, 6) is 0. The monoisotopic (exact) mass is 142 g/mol. The lowest BCUT2D eigenvalue weighted by atomic mass is 10.8. The van der Waals surface area contributed by atoms with E-state index < -0.39 is 20.0 Å². The number of aliphatic hydroxyl groups is 2. The maximum absolute atomic E-state index is 9.82. The van der Waals surface area contributed by atoms with E-state index in [1.54, 1.807) is 0 Å². The van der Waals surface area contributed by atoms with Crippen molar-refractivity contribution >= 4 is 7.60 Å². The Morgan fingerprint density at radius 3 is 1.75 bits per heavy atom. The average molecular weight is 142 g/mol. The van der Waals surface area contributed by atoms with Gasteiger partial charge in [0.2, 0.25) is 0 Å². The van der Waals surface area contributed by atoms with E-state index in [1.165, 1.54) is 0 Å². The first-order chi connectivity index (χ1) is 3.42. The van der Waals surface area contributed by atoms with E-state index in [1.807, 2.05) is 0 Å². The highest BCUT2D eigenvalue weighted by molar-refractivity contribution is 7.51. The van der Waals surface area contributed by atoms with Crippen LogP contribution >= 0.6 is 7.60 Å². The molecule has 0 radical (unpaired) electrons. The van der Waals surface area contributed by atoms with Gasteiger partial charge in [0.25, 0.3) is 0 Å². The van der Waals surface area contributed by atoms with Gasteiger partial charge in [-0.1, -0.05) is 0 Å². The lowest BCUT2D eigenvalue weighted by molar-refractivity contribution is -0.0228. The topological polar surface area (TPSA) is 98.0 Å². The van der Waals surface area contributed by atoms with Crippen LogP contribution in [0.3, 0.4) is 0 Å². The van der Waals surface area contributed by atoms with Crippen molar-refractivity contribution in [2.45, 2.75) is 6.29 Å². The number of rotatable bonds is 2. The Bertz CT molecular complexity index is 103. The third-order valence-corrected chi connectivity index (χ3v) is 1.20. The lowest BCUT2D eigenvalue weighted by Gasteiger charge is -2.03. The molecule has 0 aliphatic rings. The van der Waals surface area contributed by atoms with Crippen LogP contribution in [0.2, 0.25) is 0 Å². The van der Waals surface area contributed by atoms with Crippen molar-refractivity contribution in [3.05, 3.63) is 0 Å². The maximum atomic E-state index is 9.82. The van der Waals surface area contributed by atoms with Crippen LogP contribution in [0.1, 0.15) is 0 Å². The molecule has 0 saturated carbocycles. The third-order valence-electron chi connectivity index (χ3n) is 0.401. The van der Waals surface area contributed by atoms with Crippen molar-refractivity contribution < 1.29 is 24.6 Å². The normalized spacial score (nSPS) is 12.6. The minimum atomic E-state index is -4.22. The van der Waals surface area contributed by atoms with Crippen molar-refractivity contribution in [1.29, 1.82) is 0 Å². The summed E-state index contributed by atoms with van der Waals surface area (Å²) in [7, 11) is -4.22. The van der Waals surface area contributed by atoms with Gasteiger partial charge in [-0.15, -0.1) is 0 Å². The summed E-state index contributed by atoms with van der Waals surface area (Å²) in [6.45, 7) is 0. The molecule has 0 heterocycles. The molecule has 0 amide bonds. The van der Waals surface area contributed by atoms with E-state index >= 15 is 0 Å². The standard InChI is InChI=1S/C2H7O5P/c3-2(4)1-8(5,6)7/h2-4H,1H2,(H2,5,6,7). The summed E-state index contributed by atoms with van der Waals surface area (Å²) in [4.78, 5) is 16.0. The fourth-order valence-corrected chi connectivity index (χ4v) is 0.638. The molecular weight excluding hydrogens is 135 g/mol. The van der Waals surface area contributed by atoms with Crippen LogP contribution < -0.4 is 0 Å². The van der Waals surface area contributed by atoms with E-state index in [2.05, 4.69) is 0 Å². The highest BCUT2D eigenvalue weighted by Gasteiger charge is 2.16. The Kier molecular flexibility index (Phi) is 2.59. The average Bonchev–Trinajstić information content (AvgIpc) is 1.21. The molecule has 0 aromatic heterocycles. The van der Waals surface area contributed by atoms with Crippen molar-refractivity contribution in [2.75, 3.05) is 6.16 Å². The van der Waals surface area contributed by atoms with Gasteiger partial charge in [0.15, 0.2) is 6.29 Å². The molecule has 0 bridgehead atoms. The molecule has 4 N–H and O–H groups in total. The Morgan fingerprint density at radius 2 is 1.75 bits per heavy atom. The highest BCUT2D eigenvalue weighted by Crippen LogP contribution is 2.34. The molecule has 0 aliphatic carbocycles. The molecule has 0 rings (SSSR count). The molecule has 0 saturated heterocycles. The molecule has 0 fully saturated rings. The van der Waals surface area contributed by atoms with Gasteiger partial charge in [-0.2, -0.15) is 0 Å². The second kappa shape index (κ2) is 2.57. The van der Waals surface area contributed by atoms with Crippen LogP contribution in [0.5, 0.6) is 0 Å². The largest absolute Gasteiger partial charge is 0.368 e. The minimum Gasteiger partial charge on any atom is -0.368 e. The first-order valence-electron chi connectivity index (χ1n) is 1.82.